The Balaban J connectivity index is 0.000000220. The van der Waals surface area contributed by atoms with Crippen LogP contribution in [-0.4, -0.2) is 79.4 Å². The van der Waals surface area contributed by atoms with Crippen LogP contribution < -0.4 is 10.6 Å². The summed E-state index contributed by atoms with van der Waals surface area (Å²) in [7, 11) is -0.577. The van der Waals surface area contributed by atoms with E-state index in [0.29, 0.717) is 18.2 Å². The molecule has 0 aromatic heterocycles. The number of ether oxygens (including phenoxy) is 1. The molecule has 2 aromatic rings. The summed E-state index contributed by atoms with van der Waals surface area (Å²) < 4.78 is 5.27. The molecule has 4 unspecified atom stereocenters. The van der Waals surface area contributed by atoms with Crippen molar-refractivity contribution < 1.29 is 43.7 Å². The number of benzene rings is 2. The number of hydrogen-bond acceptors (Lipinski definition) is 2. The molecule has 0 aliphatic heterocycles. The van der Waals surface area contributed by atoms with Gasteiger partial charge >= 0.3 is 5.97 Å². The molecule has 0 N–H and O–H groups in total. The van der Waals surface area contributed by atoms with Crippen molar-refractivity contribution >= 4 is 47.6 Å². The molecule has 0 saturated heterocycles. The number of esters is 1. The quantitative estimate of drug-likeness (QED) is 0.120. The second-order valence-corrected chi connectivity index (χ2v) is 38.1. The molecule has 8 saturated carbocycles. The Hall–Kier alpha value is 0.669. The van der Waals surface area contributed by atoms with Gasteiger partial charge in [0.15, 0.2) is 0 Å². The van der Waals surface area contributed by atoms with Crippen LogP contribution in [-0.2, 0) is 43.7 Å². The van der Waals surface area contributed by atoms with Crippen molar-refractivity contribution in [3.05, 3.63) is 60.7 Å². The van der Waals surface area contributed by atoms with E-state index in [2.05, 4.69) is 87.3 Å². The molecule has 8 heteroatoms. The monoisotopic (exact) mass is 1150 g/mol. The first-order chi connectivity index (χ1) is 34.1. The van der Waals surface area contributed by atoms with E-state index in [0.717, 1.165) is 34.2 Å². The third-order valence-electron chi connectivity index (χ3n) is 19.0. The molecule has 412 valence electrons. The standard InChI is InChI=1S/C26H43P2.C16H24O2P.C12H23P.2C5H10.2Fe/c1-28(2,25-18-10-5-11-19-25)26-20-12-13-22(26)21-27(23-14-6-3-7-15-23)24-16-8-4-9-17-24;1-13(17)18-12-14-8-7-11-16(14)19(2,3)15-9-5-4-6-10-15;1-3-7-11(8-4-1)13-12-9-5-2-6-10-12;2*1-2-4-5-3-1;;/h5,10-11,18-19,22-24,26H,3-4,6-9,12-17,20-21H2,1-2H3;4-6,9-10,14,16H,7-8,11-12H2,1-3H3;11-13H,1-10H2;2*1-5H2;;/q2*+1;;;;;. The van der Waals surface area contributed by atoms with Gasteiger partial charge < -0.3 is 4.74 Å². The van der Waals surface area contributed by atoms with Crippen LogP contribution in [0.25, 0.3) is 0 Å². The second kappa shape index (κ2) is 36.8. The van der Waals surface area contributed by atoms with E-state index in [1.165, 1.54) is 194 Å². The summed E-state index contributed by atoms with van der Waals surface area (Å²) >= 11 is 0. The van der Waals surface area contributed by atoms with Crippen LogP contribution in [0.3, 0.4) is 0 Å². The normalized spacial score (nSPS) is 25.4. The molecule has 2 aromatic carbocycles. The topological polar surface area (TPSA) is 26.3 Å². The van der Waals surface area contributed by atoms with Gasteiger partial charge in [0.2, 0.25) is 0 Å². The van der Waals surface area contributed by atoms with Crippen LogP contribution in [0.2, 0.25) is 0 Å². The Morgan fingerprint density at radius 2 is 0.764 bits per heavy atom. The average molecular weight is 1150 g/mol. The van der Waals surface area contributed by atoms with Crippen LogP contribution >= 0.6 is 31.0 Å². The van der Waals surface area contributed by atoms with Gasteiger partial charge in [-0.1, -0.05) is 186 Å². The van der Waals surface area contributed by atoms with Crippen LogP contribution in [0, 0.1) is 11.8 Å². The largest absolute Gasteiger partial charge is 0.465 e. The number of carbonyl (C=O) groups is 1. The van der Waals surface area contributed by atoms with E-state index in [1.807, 2.05) is 0 Å². The molecule has 72 heavy (non-hydrogen) atoms. The smallest absolute Gasteiger partial charge is 0.302 e. The molecule has 2 nitrogen and oxygen atoms in total. The van der Waals surface area contributed by atoms with Crippen molar-refractivity contribution in [1.82, 2.24) is 0 Å². The van der Waals surface area contributed by atoms with Crippen LogP contribution in [0.1, 0.15) is 238 Å². The summed E-state index contributed by atoms with van der Waals surface area (Å²) in [4.78, 5) is 11.0. The Bertz CT molecular complexity index is 1590. The third-order valence-corrected chi connectivity index (χ3v) is 32.8. The molecule has 8 aliphatic carbocycles. The summed E-state index contributed by atoms with van der Waals surface area (Å²) in [5, 5.41) is 3.18. The maximum absolute atomic E-state index is 11.0. The Kier molecular flexibility index (Phi) is 33.3. The number of rotatable bonds is 12. The summed E-state index contributed by atoms with van der Waals surface area (Å²) in [6.45, 7) is 12.3. The van der Waals surface area contributed by atoms with E-state index < -0.39 is 14.5 Å². The summed E-state index contributed by atoms with van der Waals surface area (Å²) in [5.74, 6) is 1.44. The minimum atomic E-state index is -1.15. The van der Waals surface area contributed by atoms with E-state index in [-0.39, 0.29) is 48.0 Å². The molecule has 0 spiro atoms. The molecule has 0 amide bonds. The molecular weight excluding hydrogens is 1040 g/mol. The third kappa shape index (κ3) is 22.4. The SMILES string of the molecule is C1CCC(PC2CCCCC2)CC1.C1CCCC1.C1CCCC1.CC(=O)OCC1CCCC1[P+](C)(C)c1ccccc1.C[P+](C)(c1ccccc1)C1CCCC1CP(C1CCCCC1)C1CCCCC1.[Fe].[Fe]. The van der Waals surface area contributed by atoms with Gasteiger partial charge in [-0.05, 0) is 149 Å². The predicted octanol–water partition coefficient (Wildman–Crippen LogP) is 19.5. The van der Waals surface area contributed by atoms with Gasteiger partial charge in [0.1, 0.15) is 0 Å². The van der Waals surface area contributed by atoms with E-state index in [1.54, 1.807) is 69.3 Å². The number of hydrogen-bond donors (Lipinski definition) is 0. The summed E-state index contributed by atoms with van der Waals surface area (Å²) in [6, 6.07) is 22.5. The van der Waals surface area contributed by atoms with Crippen LogP contribution in [0.5, 0.6) is 0 Å². The molecule has 0 radical (unpaired) electrons. The predicted molar refractivity (Wildman–Crippen MR) is 322 cm³/mol. The molecule has 8 aliphatic rings. The van der Waals surface area contributed by atoms with Gasteiger partial charge in [-0.3, -0.25) is 4.79 Å². The first kappa shape index (κ1) is 65.2. The minimum Gasteiger partial charge on any atom is -0.465 e. The van der Waals surface area contributed by atoms with Crippen LogP contribution in [0.15, 0.2) is 60.7 Å². The molecule has 10 rings (SSSR count). The number of carbonyl (C=O) groups excluding carboxylic acids is 1. The minimum absolute atomic E-state index is 0. The molecule has 0 bridgehead atoms. The molecule has 4 atom stereocenters. The first-order valence-electron chi connectivity index (χ1n) is 30.6. The van der Waals surface area contributed by atoms with Gasteiger partial charge in [0.25, 0.3) is 0 Å². The van der Waals surface area contributed by atoms with Gasteiger partial charge in [-0.2, -0.15) is 0 Å². The second-order valence-electron chi connectivity index (χ2n) is 24.7. The molecule has 8 fully saturated rings. The zero-order valence-electron chi connectivity index (χ0n) is 47.1. The fraction of sp³-hybridized carbons (Fsp3) is 0.797. The molecular formula is C64H110Fe2O2P4+2. The van der Waals surface area contributed by atoms with Crippen molar-refractivity contribution in [2.75, 3.05) is 39.4 Å². The van der Waals surface area contributed by atoms with Crippen molar-refractivity contribution in [3.8, 4) is 0 Å². The summed E-state index contributed by atoms with van der Waals surface area (Å²) in [5.41, 5.74) is 6.27. The Morgan fingerprint density at radius 3 is 1.12 bits per heavy atom. The zero-order valence-corrected chi connectivity index (χ0v) is 53.0. The molecule has 0 heterocycles. The van der Waals surface area contributed by atoms with E-state index in [4.69, 9.17) is 4.74 Å². The van der Waals surface area contributed by atoms with Crippen LogP contribution in [0.4, 0.5) is 0 Å². The van der Waals surface area contributed by atoms with Crippen molar-refractivity contribution in [2.45, 2.75) is 272 Å². The average Bonchev–Trinajstić information content (AvgIpc) is 4.28. The fourth-order valence-corrected chi connectivity index (χ4v) is 28.2. The maximum atomic E-state index is 11.0. The van der Waals surface area contributed by atoms with Gasteiger partial charge in [0.05, 0.1) is 55.2 Å². The van der Waals surface area contributed by atoms with Gasteiger partial charge in [-0.25, -0.2) is 0 Å². The van der Waals surface area contributed by atoms with Crippen molar-refractivity contribution in [2.24, 2.45) is 11.8 Å². The van der Waals surface area contributed by atoms with E-state index in [9.17, 15) is 4.79 Å². The van der Waals surface area contributed by atoms with Crippen molar-refractivity contribution in [1.29, 1.82) is 0 Å². The fourth-order valence-electron chi connectivity index (χ4n) is 14.7. The van der Waals surface area contributed by atoms with Gasteiger partial charge in [-0.15, -0.1) is 8.58 Å². The first-order valence-corrected chi connectivity index (χ1v) is 38.9. The Labute approximate surface area is 471 Å². The van der Waals surface area contributed by atoms with Crippen molar-refractivity contribution in [3.63, 3.8) is 0 Å². The van der Waals surface area contributed by atoms with Gasteiger partial charge in [0, 0.05) is 61.5 Å². The summed E-state index contributed by atoms with van der Waals surface area (Å²) in [6.07, 6.45) is 55.9. The maximum Gasteiger partial charge on any atom is 0.302 e. The van der Waals surface area contributed by atoms with E-state index >= 15 is 0 Å². The zero-order chi connectivity index (χ0) is 49.3. The Morgan fingerprint density at radius 1 is 0.444 bits per heavy atom.